The molecule has 2 aromatic rings. The molecule has 25 heavy (non-hydrogen) atoms. The Hall–Kier alpha value is -1.93. The van der Waals surface area contributed by atoms with E-state index in [0.717, 1.165) is 36.3 Å². The molecule has 1 aliphatic rings. The number of hydrogen-bond donors (Lipinski definition) is 2. The second-order valence-corrected chi connectivity index (χ2v) is 8.41. The van der Waals surface area contributed by atoms with E-state index in [1.54, 1.807) is 9.95 Å². The number of hydrogen-bond acceptors (Lipinski definition) is 5. The van der Waals surface area contributed by atoms with E-state index in [9.17, 15) is 14.4 Å². The molecule has 0 bridgehead atoms. The third-order valence-corrected chi connectivity index (χ3v) is 6.52. The number of carbonyl (C=O) groups excluding carboxylic acids is 2. The Morgan fingerprint density at radius 3 is 2.88 bits per heavy atom. The molecule has 0 aliphatic heterocycles. The summed E-state index contributed by atoms with van der Waals surface area (Å²) in [7, 11) is 0. The Balaban J connectivity index is 1.50. The molecule has 1 unspecified atom stereocenters. The number of nitrogens with zero attached hydrogens (tertiary/aromatic N) is 1. The van der Waals surface area contributed by atoms with Crippen LogP contribution in [-0.2, 0) is 24.2 Å². The highest BCUT2D eigenvalue weighted by atomic mass is 32.1. The van der Waals surface area contributed by atoms with Gasteiger partial charge in [-0.1, -0.05) is 18.3 Å². The van der Waals surface area contributed by atoms with Gasteiger partial charge in [-0.3, -0.25) is 25.2 Å². The minimum absolute atomic E-state index is 0.0762. The first-order valence-electron chi connectivity index (χ1n) is 8.29. The molecule has 2 amide bonds. The van der Waals surface area contributed by atoms with Crippen LogP contribution in [0.3, 0.4) is 0 Å². The quantitative estimate of drug-likeness (QED) is 0.800. The maximum Gasteiger partial charge on any atom is 0.307 e. The molecular weight excluding hydrogens is 358 g/mol. The van der Waals surface area contributed by atoms with Crippen molar-refractivity contribution in [2.75, 3.05) is 0 Å². The number of carbonyl (C=O) groups is 2. The van der Waals surface area contributed by atoms with Gasteiger partial charge in [-0.2, -0.15) is 0 Å². The maximum absolute atomic E-state index is 12.2. The van der Waals surface area contributed by atoms with Crippen LogP contribution >= 0.6 is 22.7 Å². The molecule has 6 nitrogen and oxygen atoms in total. The number of aryl methyl sites for hydroxylation is 2. The molecular formula is C17H21N3O3S2. The van der Waals surface area contributed by atoms with Crippen LogP contribution in [-0.4, -0.2) is 16.4 Å². The van der Waals surface area contributed by atoms with Gasteiger partial charge in [0, 0.05) is 28.9 Å². The van der Waals surface area contributed by atoms with Crippen LogP contribution in [0.4, 0.5) is 0 Å². The summed E-state index contributed by atoms with van der Waals surface area (Å²) in [6, 6.07) is 1.94. The van der Waals surface area contributed by atoms with Crippen molar-refractivity contribution in [1.82, 2.24) is 15.4 Å². The van der Waals surface area contributed by atoms with Crippen LogP contribution in [0, 0.1) is 12.8 Å². The standard InChI is InChI=1S/C17H21N3O3S2/c1-10-3-4-13-12(7-10)8-14(25-13)16(22)19-18-15(21)5-6-20-11(2)9-24-17(20)23/h8-10H,3-7H2,1-2H3,(H,18,21)(H,19,22). The number of rotatable bonds is 4. The van der Waals surface area contributed by atoms with Crippen LogP contribution in [0.25, 0.3) is 0 Å². The normalized spacial score (nSPS) is 16.3. The molecule has 0 saturated carbocycles. The van der Waals surface area contributed by atoms with E-state index in [4.69, 9.17) is 0 Å². The second kappa shape index (κ2) is 7.53. The van der Waals surface area contributed by atoms with Crippen molar-refractivity contribution in [2.45, 2.75) is 46.1 Å². The fourth-order valence-corrected chi connectivity index (χ4v) is 4.82. The highest BCUT2D eigenvalue weighted by Crippen LogP contribution is 2.32. The van der Waals surface area contributed by atoms with Crippen molar-refractivity contribution >= 4 is 34.5 Å². The third kappa shape index (κ3) is 4.19. The fourth-order valence-electron chi connectivity index (χ4n) is 2.96. The van der Waals surface area contributed by atoms with E-state index in [1.165, 1.54) is 21.8 Å². The summed E-state index contributed by atoms with van der Waals surface area (Å²) in [5, 5.41) is 1.77. The summed E-state index contributed by atoms with van der Waals surface area (Å²) in [5.74, 6) is 0.0479. The maximum atomic E-state index is 12.2. The van der Waals surface area contributed by atoms with Gasteiger partial charge >= 0.3 is 4.87 Å². The van der Waals surface area contributed by atoms with E-state index < -0.39 is 0 Å². The predicted octanol–water partition coefficient (Wildman–Crippen LogP) is 2.26. The van der Waals surface area contributed by atoms with Crippen molar-refractivity contribution in [2.24, 2.45) is 5.92 Å². The molecule has 1 aliphatic carbocycles. The number of fused-ring (bicyclic) bond motifs is 1. The highest BCUT2D eigenvalue weighted by molar-refractivity contribution is 7.14. The molecule has 2 N–H and O–H groups in total. The molecule has 0 saturated heterocycles. The lowest BCUT2D eigenvalue weighted by Crippen LogP contribution is -2.41. The average molecular weight is 380 g/mol. The number of thiophene rings is 1. The van der Waals surface area contributed by atoms with Crippen LogP contribution < -0.4 is 15.7 Å². The van der Waals surface area contributed by atoms with Crippen LogP contribution in [0.2, 0.25) is 0 Å². The lowest BCUT2D eigenvalue weighted by Gasteiger charge is -2.16. The fraction of sp³-hybridized carbons (Fsp3) is 0.471. The Labute approximate surface area is 153 Å². The molecule has 1 atom stereocenters. The van der Waals surface area contributed by atoms with E-state index in [1.807, 2.05) is 13.0 Å². The molecule has 2 heterocycles. The van der Waals surface area contributed by atoms with E-state index in [2.05, 4.69) is 17.8 Å². The Morgan fingerprint density at radius 1 is 1.36 bits per heavy atom. The Bertz CT molecular complexity index is 850. The first-order valence-corrected chi connectivity index (χ1v) is 9.99. The zero-order valence-electron chi connectivity index (χ0n) is 14.3. The molecule has 0 fully saturated rings. The molecule has 0 spiro atoms. The topological polar surface area (TPSA) is 80.2 Å². The monoisotopic (exact) mass is 379 g/mol. The van der Waals surface area contributed by atoms with Gasteiger partial charge in [-0.05, 0) is 43.7 Å². The molecule has 3 rings (SSSR count). The van der Waals surface area contributed by atoms with E-state index in [0.29, 0.717) is 17.3 Å². The Morgan fingerprint density at radius 2 is 2.16 bits per heavy atom. The zero-order valence-corrected chi connectivity index (χ0v) is 15.9. The summed E-state index contributed by atoms with van der Waals surface area (Å²) in [5.41, 5.74) is 6.99. The first-order chi connectivity index (χ1) is 11.9. The number of hydrazine groups is 1. The molecule has 0 radical (unpaired) electrons. The van der Waals surface area contributed by atoms with Crippen molar-refractivity contribution in [3.8, 4) is 0 Å². The van der Waals surface area contributed by atoms with Crippen molar-refractivity contribution in [3.05, 3.63) is 42.1 Å². The van der Waals surface area contributed by atoms with Crippen molar-refractivity contribution in [1.29, 1.82) is 0 Å². The van der Waals surface area contributed by atoms with Crippen LogP contribution in [0.1, 0.15) is 45.6 Å². The predicted molar refractivity (Wildman–Crippen MR) is 99.0 cm³/mol. The minimum atomic E-state index is -0.319. The molecule has 2 aromatic heterocycles. The summed E-state index contributed by atoms with van der Waals surface area (Å²) >= 11 is 2.62. The third-order valence-electron chi connectivity index (χ3n) is 4.41. The lowest BCUT2D eigenvalue weighted by atomic mass is 9.90. The number of amides is 2. The van der Waals surface area contributed by atoms with Crippen LogP contribution in [0.15, 0.2) is 16.2 Å². The number of aromatic nitrogens is 1. The van der Waals surface area contributed by atoms with Crippen molar-refractivity contribution in [3.63, 3.8) is 0 Å². The summed E-state index contributed by atoms with van der Waals surface area (Å²) in [4.78, 5) is 37.6. The van der Waals surface area contributed by atoms with Crippen LogP contribution in [0.5, 0.6) is 0 Å². The smallest absolute Gasteiger partial charge is 0.303 e. The second-order valence-electron chi connectivity index (χ2n) is 6.45. The first kappa shape index (κ1) is 17.9. The van der Waals surface area contributed by atoms with Gasteiger partial charge in [0.05, 0.1) is 4.88 Å². The van der Waals surface area contributed by atoms with Gasteiger partial charge in [0.25, 0.3) is 5.91 Å². The lowest BCUT2D eigenvalue weighted by molar-refractivity contribution is -0.122. The van der Waals surface area contributed by atoms with Gasteiger partial charge in [0.1, 0.15) is 0 Å². The number of thiazole rings is 1. The average Bonchev–Trinajstić information content (AvgIpc) is 3.14. The number of nitrogens with one attached hydrogen (secondary N) is 2. The van der Waals surface area contributed by atoms with E-state index >= 15 is 0 Å². The van der Waals surface area contributed by atoms with Gasteiger partial charge < -0.3 is 4.57 Å². The summed E-state index contributed by atoms with van der Waals surface area (Å²) in [6.45, 7) is 4.36. The summed E-state index contributed by atoms with van der Waals surface area (Å²) < 4.78 is 1.56. The minimum Gasteiger partial charge on any atom is -0.303 e. The van der Waals surface area contributed by atoms with Crippen molar-refractivity contribution < 1.29 is 9.59 Å². The zero-order chi connectivity index (χ0) is 18.0. The molecule has 0 aromatic carbocycles. The van der Waals surface area contributed by atoms with Gasteiger partial charge in [0.2, 0.25) is 5.91 Å². The van der Waals surface area contributed by atoms with Gasteiger partial charge in [-0.15, -0.1) is 11.3 Å². The van der Waals surface area contributed by atoms with E-state index in [-0.39, 0.29) is 23.1 Å². The summed E-state index contributed by atoms with van der Waals surface area (Å²) in [6.07, 6.45) is 3.33. The van der Waals surface area contributed by atoms with Gasteiger partial charge in [-0.25, -0.2) is 0 Å². The largest absolute Gasteiger partial charge is 0.307 e. The molecule has 134 valence electrons. The van der Waals surface area contributed by atoms with Gasteiger partial charge in [0.15, 0.2) is 0 Å². The molecule has 8 heteroatoms. The Kier molecular flexibility index (Phi) is 5.39. The SMILES string of the molecule is Cc1csc(=O)n1CCC(=O)NNC(=O)c1cc2c(s1)CCC(C)C2. The highest BCUT2D eigenvalue weighted by Gasteiger charge is 2.20.